The summed E-state index contributed by atoms with van der Waals surface area (Å²) < 4.78 is 5.40. The number of urea groups is 1. The monoisotopic (exact) mass is 432 g/mol. The summed E-state index contributed by atoms with van der Waals surface area (Å²) in [5.74, 6) is 0.110. The molecule has 3 aromatic rings. The Kier molecular flexibility index (Phi) is 6.87. The van der Waals surface area contributed by atoms with E-state index in [1.54, 1.807) is 35.2 Å². The Hall–Kier alpha value is -3.58. The third-order valence-corrected chi connectivity index (χ3v) is 5.82. The van der Waals surface area contributed by atoms with Crippen LogP contribution in [0.1, 0.15) is 29.0 Å². The number of nitrogens with one attached hydrogen (secondary N) is 1. The van der Waals surface area contributed by atoms with Crippen molar-refractivity contribution in [1.82, 2.24) is 4.90 Å². The molecular weight excluding hydrogens is 404 g/mol. The molecule has 3 amide bonds. The number of rotatable bonds is 7. The maximum atomic E-state index is 13.3. The molecule has 0 aliphatic carbocycles. The summed E-state index contributed by atoms with van der Waals surface area (Å²) in [7, 11) is 0. The molecule has 0 saturated carbocycles. The van der Waals surface area contributed by atoms with Crippen LogP contribution in [0.5, 0.6) is 0 Å². The van der Waals surface area contributed by atoms with Gasteiger partial charge in [-0.05, 0) is 55.2 Å². The van der Waals surface area contributed by atoms with Gasteiger partial charge in [0.05, 0.1) is 6.26 Å². The average Bonchev–Trinajstić information content (AvgIpc) is 3.34. The van der Waals surface area contributed by atoms with Gasteiger partial charge in [-0.2, -0.15) is 0 Å². The van der Waals surface area contributed by atoms with E-state index in [1.807, 2.05) is 12.1 Å². The quantitative estimate of drug-likeness (QED) is 0.587. The van der Waals surface area contributed by atoms with Crippen LogP contribution in [0.4, 0.5) is 16.2 Å². The van der Waals surface area contributed by atoms with Gasteiger partial charge in [0, 0.05) is 37.1 Å². The van der Waals surface area contributed by atoms with Crippen LogP contribution in [0.15, 0.2) is 77.4 Å². The molecule has 0 radical (unpaired) electrons. The summed E-state index contributed by atoms with van der Waals surface area (Å²) in [6.07, 6.45) is 4.23. The Balaban J connectivity index is 1.47. The lowest BCUT2D eigenvalue weighted by Gasteiger charge is -2.38. The van der Waals surface area contributed by atoms with Crippen LogP contribution >= 0.6 is 0 Å². The third-order valence-electron chi connectivity index (χ3n) is 5.82. The maximum Gasteiger partial charge on any atom is 0.316 e. The van der Waals surface area contributed by atoms with Crippen LogP contribution in [0.25, 0.3) is 0 Å². The molecule has 7 nitrogen and oxygen atoms in total. The molecule has 2 heterocycles. The van der Waals surface area contributed by atoms with Crippen LogP contribution in [0, 0.1) is 0 Å². The molecule has 1 aliphatic rings. The van der Waals surface area contributed by atoms with Gasteiger partial charge < -0.3 is 25.3 Å². The van der Waals surface area contributed by atoms with Crippen molar-refractivity contribution in [2.75, 3.05) is 29.9 Å². The zero-order chi connectivity index (χ0) is 22.3. The molecule has 1 fully saturated rings. The van der Waals surface area contributed by atoms with Crippen molar-refractivity contribution in [3.8, 4) is 0 Å². The van der Waals surface area contributed by atoms with Crippen LogP contribution in [0.2, 0.25) is 0 Å². The molecule has 32 heavy (non-hydrogen) atoms. The Bertz CT molecular complexity index is 1030. The topological polar surface area (TPSA) is 91.8 Å². The molecule has 0 unspecified atom stereocenters. The number of carbonyl (C=O) groups excluding carboxylic acids is 2. The van der Waals surface area contributed by atoms with Gasteiger partial charge in [0.15, 0.2) is 5.76 Å². The van der Waals surface area contributed by atoms with Gasteiger partial charge in [0.2, 0.25) is 0 Å². The number of furan rings is 1. The molecular formula is C25H28N4O3. The van der Waals surface area contributed by atoms with E-state index in [0.29, 0.717) is 17.1 Å². The largest absolute Gasteiger partial charge is 0.459 e. The van der Waals surface area contributed by atoms with Crippen molar-refractivity contribution in [3.63, 3.8) is 0 Å². The van der Waals surface area contributed by atoms with Crippen molar-refractivity contribution >= 4 is 23.3 Å². The zero-order valence-electron chi connectivity index (χ0n) is 17.9. The number of likely N-dealkylation sites (tertiary alicyclic amines) is 1. The molecule has 1 aliphatic heterocycles. The maximum absolute atomic E-state index is 13.3. The minimum absolute atomic E-state index is 0.0319. The van der Waals surface area contributed by atoms with Crippen molar-refractivity contribution in [2.45, 2.75) is 25.3 Å². The molecule has 1 saturated heterocycles. The SMILES string of the molecule is NC(=O)Nc1cccc(N(C(=O)c2ccco2)C2CCN(CCc3ccccc3)CC2)c1. The Labute approximate surface area is 187 Å². The fourth-order valence-electron chi connectivity index (χ4n) is 4.22. The third kappa shape index (κ3) is 5.36. The minimum atomic E-state index is -0.641. The normalized spacial score (nSPS) is 14.8. The van der Waals surface area contributed by atoms with Gasteiger partial charge in [0.25, 0.3) is 5.91 Å². The lowest BCUT2D eigenvalue weighted by atomic mass is 10.0. The Morgan fingerprint density at radius 1 is 1.03 bits per heavy atom. The number of piperidine rings is 1. The minimum Gasteiger partial charge on any atom is -0.459 e. The fraction of sp³-hybridized carbons (Fsp3) is 0.280. The van der Waals surface area contributed by atoms with Crippen LogP contribution in [-0.4, -0.2) is 42.5 Å². The smallest absolute Gasteiger partial charge is 0.316 e. The first-order chi connectivity index (χ1) is 15.6. The lowest BCUT2D eigenvalue weighted by Crippen LogP contribution is -2.48. The number of nitrogens with two attached hydrogens (primary N) is 1. The first-order valence-corrected chi connectivity index (χ1v) is 10.9. The summed E-state index contributed by atoms with van der Waals surface area (Å²) >= 11 is 0. The lowest BCUT2D eigenvalue weighted by molar-refractivity contribution is 0.0933. The van der Waals surface area contributed by atoms with E-state index in [2.05, 4.69) is 34.5 Å². The highest BCUT2D eigenvalue weighted by Crippen LogP contribution is 2.28. The van der Waals surface area contributed by atoms with Crippen molar-refractivity contribution in [2.24, 2.45) is 5.73 Å². The van der Waals surface area contributed by atoms with Crippen LogP contribution < -0.4 is 16.0 Å². The fourth-order valence-corrected chi connectivity index (χ4v) is 4.22. The second kappa shape index (κ2) is 10.2. The molecule has 0 bridgehead atoms. The number of carbonyl (C=O) groups is 2. The molecule has 0 spiro atoms. The van der Waals surface area contributed by atoms with E-state index < -0.39 is 6.03 Å². The molecule has 4 rings (SSSR count). The van der Waals surface area contributed by atoms with Gasteiger partial charge in [0.1, 0.15) is 0 Å². The standard InChI is InChI=1S/C25H28N4O3/c26-25(31)27-20-8-4-9-22(18-20)29(24(30)23-10-5-17-32-23)21-12-15-28(16-13-21)14-11-19-6-2-1-3-7-19/h1-10,17-18,21H,11-16H2,(H3,26,27,31). The second-order valence-electron chi connectivity index (χ2n) is 8.00. The number of amides is 3. The van der Waals surface area contributed by atoms with E-state index in [4.69, 9.17) is 10.2 Å². The number of primary amides is 1. The van der Waals surface area contributed by atoms with Crippen molar-refractivity contribution in [1.29, 1.82) is 0 Å². The van der Waals surface area contributed by atoms with Crippen molar-refractivity contribution < 1.29 is 14.0 Å². The Morgan fingerprint density at radius 3 is 2.50 bits per heavy atom. The Morgan fingerprint density at radius 2 is 1.81 bits per heavy atom. The number of hydrogen-bond donors (Lipinski definition) is 2. The van der Waals surface area contributed by atoms with E-state index in [9.17, 15) is 9.59 Å². The highest BCUT2D eigenvalue weighted by atomic mass is 16.3. The molecule has 1 aromatic heterocycles. The number of anilines is 2. The molecule has 166 valence electrons. The van der Waals surface area contributed by atoms with Gasteiger partial charge in [-0.1, -0.05) is 36.4 Å². The number of hydrogen-bond acceptors (Lipinski definition) is 4. The number of benzene rings is 2. The molecule has 7 heteroatoms. The van der Waals surface area contributed by atoms with Gasteiger partial charge in [-0.3, -0.25) is 4.79 Å². The average molecular weight is 433 g/mol. The van der Waals surface area contributed by atoms with Gasteiger partial charge in [-0.15, -0.1) is 0 Å². The van der Waals surface area contributed by atoms with Gasteiger partial charge in [-0.25, -0.2) is 4.79 Å². The molecule has 0 atom stereocenters. The summed E-state index contributed by atoms with van der Waals surface area (Å²) in [5, 5.41) is 2.59. The van der Waals surface area contributed by atoms with E-state index in [-0.39, 0.29) is 11.9 Å². The first kappa shape index (κ1) is 21.6. The number of nitrogens with zero attached hydrogens (tertiary/aromatic N) is 2. The summed E-state index contributed by atoms with van der Waals surface area (Å²) in [5.41, 5.74) is 7.86. The summed E-state index contributed by atoms with van der Waals surface area (Å²) in [6, 6.07) is 20.5. The predicted molar refractivity (Wildman–Crippen MR) is 125 cm³/mol. The van der Waals surface area contributed by atoms with Gasteiger partial charge >= 0.3 is 6.03 Å². The van der Waals surface area contributed by atoms with Crippen LogP contribution in [0.3, 0.4) is 0 Å². The highest BCUT2D eigenvalue weighted by molar-refractivity contribution is 6.05. The highest BCUT2D eigenvalue weighted by Gasteiger charge is 2.31. The van der Waals surface area contributed by atoms with Crippen LogP contribution in [-0.2, 0) is 6.42 Å². The first-order valence-electron chi connectivity index (χ1n) is 10.9. The summed E-state index contributed by atoms with van der Waals surface area (Å²) in [6.45, 7) is 2.83. The van der Waals surface area contributed by atoms with E-state index >= 15 is 0 Å². The zero-order valence-corrected chi connectivity index (χ0v) is 17.9. The summed E-state index contributed by atoms with van der Waals surface area (Å²) in [4.78, 5) is 28.9. The second-order valence-corrected chi connectivity index (χ2v) is 8.00. The van der Waals surface area contributed by atoms with E-state index in [1.165, 1.54) is 11.8 Å². The molecule has 3 N–H and O–H groups in total. The molecule has 2 aromatic carbocycles. The predicted octanol–water partition coefficient (Wildman–Crippen LogP) is 4.12. The van der Waals surface area contributed by atoms with E-state index in [0.717, 1.165) is 38.9 Å². The van der Waals surface area contributed by atoms with Crippen molar-refractivity contribution in [3.05, 3.63) is 84.3 Å².